The molecule has 2 rings (SSSR count). The van der Waals surface area contributed by atoms with Gasteiger partial charge in [0.2, 0.25) is 17.8 Å². The average Bonchev–Trinajstić information content (AvgIpc) is 3.01. The first kappa shape index (κ1) is 15.7. The molecule has 1 fully saturated rings. The van der Waals surface area contributed by atoms with Crippen molar-refractivity contribution in [3.8, 4) is 0 Å². The molecular weight excluding hydrogens is 270 g/mol. The molecule has 1 saturated heterocycles. The van der Waals surface area contributed by atoms with Crippen molar-refractivity contribution in [3.05, 3.63) is 0 Å². The summed E-state index contributed by atoms with van der Waals surface area (Å²) in [5.41, 5.74) is 2.49. The average molecular weight is 295 g/mol. The van der Waals surface area contributed by atoms with Gasteiger partial charge in [0.05, 0.1) is 6.10 Å². The number of nitrogens with zero attached hydrogens (tertiary/aromatic N) is 4. The van der Waals surface area contributed by atoms with Crippen molar-refractivity contribution >= 4 is 17.8 Å². The van der Waals surface area contributed by atoms with Gasteiger partial charge in [0.25, 0.3) is 0 Å². The molecule has 2 heterocycles. The van der Waals surface area contributed by atoms with E-state index in [1.807, 2.05) is 4.90 Å². The fraction of sp³-hybridized carbons (Fsp3) is 0.769. The van der Waals surface area contributed by atoms with Gasteiger partial charge in [0, 0.05) is 26.2 Å². The van der Waals surface area contributed by atoms with Crippen LogP contribution in [0, 0.1) is 0 Å². The summed E-state index contributed by atoms with van der Waals surface area (Å²) in [5, 5.41) is 3.23. The first-order chi connectivity index (χ1) is 10.3. The van der Waals surface area contributed by atoms with Gasteiger partial charge >= 0.3 is 0 Å². The largest absolute Gasteiger partial charge is 0.378 e. The number of nitrogen functional groups attached to an aromatic ring is 1. The lowest BCUT2D eigenvalue weighted by Gasteiger charge is -2.19. The number of nitrogens with two attached hydrogens (primary N) is 1. The highest BCUT2D eigenvalue weighted by Gasteiger charge is 2.15. The van der Waals surface area contributed by atoms with Gasteiger partial charge < -0.3 is 15.0 Å². The zero-order valence-corrected chi connectivity index (χ0v) is 12.8. The summed E-state index contributed by atoms with van der Waals surface area (Å²) in [6, 6.07) is 0. The Morgan fingerprint density at radius 1 is 1.24 bits per heavy atom. The van der Waals surface area contributed by atoms with E-state index in [0.717, 1.165) is 45.5 Å². The molecule has 4 N–H and O–H groups in total. The Labute approximate surface area is 125 Å². The molecule has 0 radical (unpaired) electrons. The molecule has 0 amide bonds. The Kier molecular flexibility index (Phi) is 5.94. The van der Waals surface area contributed by atoms with E-state index in [-0.39, 0.29) is 0 Å². The number of hydrogen-bond donors (Lipinski definition) is 3. The van der Waals surface area contributed by atoms with Crippen LogP contribution in [0.4, 0.5) is 17.8 Å². The number of nitrogens with one attached hydrogen (secondary N) is 2. The quantitative estimate of drug-likeness (QED) is 0.482. The van der Waals surface area contributed by atoms with Gasteiger partial charge in [-0.25, -0.2) is 5.84 Å². The van der Waals surface area contributed by atoms with Crippen molar-refractivity contribution in [1.82, 2.24) is 15.0 Å². The van der Waals surface area contributed by atoms with Crippen molar-refractivity contribution in [2.75, 3.05) is 41.9 Å². The van der Waals surface area contributed by atoms with Crippen LogP contribution in [0.1, 0.15) is 33.1 Å². The molecule has 1 aliphatic heterocycles. The molecule has 21 heavy (non-hydrogen) atoms. The zero-order valence-electron chi connectivity index (χ0n) is 12.8. The summed E-state index contributed by atoms with van der Waals surface area (Å²) >= 11 is 0. The molecule has 1 unspecified atom stereocenters. The minimum atomic E-state index is 0.355. The maximum atomic E-state index is 5.60. The van der Waals surface area contributed by atoms with Crippen molar-refractivity contribution in [1.29, 1.82) is 0 Å². The smallest absolute Gasteiger partial charge is 0.243 e. The zero-order chi connectivity index (χ0) is 15.1. The van der Waals surface area contributed by atoms with Gasteiger partial charge in [-0.15, -0.1) is 0 Å². The van der Waals surface area contributed by atoms with Crippen LogP contribution in [0.5, 0.6) is 0 Å². The summed E-state index contributed by atoms with van der Waals surface area (Å²) in [5.74, 6) is 6.96. The molecule has 8 nitrogen and oxygen atoms in total. The van der Waals surface area contributed by atoms with Gasteiger partial charge in [-0.3, -0.25) is 5.43 Å². The molecule has 1 aromatic rings. The summed E-state index contributed by atoms with van der Waals surface area (Å²) in [6.07, 6.45) is 3.61. The first-order valence-corrected chi connectivity index (χ1v) is 7.60. The topological polar surface area (TPSA) is 101 Å². The number of aromatic nitrogens is 3. The van der Waals surface area contributed by atoms with Crippen LogP contribution in [0.15, 0.2) is 0 Å². The number of ether oxygens (including phenoxy) is 1. The third-order valence-corrected chi connectivity index (χ3v) is 3.57. The molecule has 0 spiro atoms. The SMILES string of the molecule is CCN(CC)c1nc(NN)nc(NCCC2CCCO2)n1. The Morgan fingerprint density at radius 2 is 2.00 bits per heavy atom. The van der Waals surface area contributed by atoms with Gasteiger partial charge in [0.15, 0.2) is 0 Å². The Morgan fingerprint density at radius 3 is 2.62 bits per heavy atom. The molecule has 118 valence electrons. The van der Waals surface area contributed by atoms with Crippen LogP contribution in [-0.4, -0.2) is 47.3 Å². The Bertz CT molecular complexity index is 433. The van der Waals surface area contributed by atoms with E-state index in [0.29, 0.717) is 23.9 Å². The van der Waals surface area contributed by atoms with E-state index in [2.05, 4.69) is 39.5 Å². The summed E-state index contributed by atoms with van der Waals surface area (Å²) in [4.78, 5) is 15.0. The van der Waals surface area contributed by atoms with Crippen LogP contribution in [-0.2, 0) is 4.74 Å². The van der Waals surface area contributed by atoms with Crippen molar-refractivity contribution < 1.29 is 4.74 Å². The molecule has 0 aliphatic carbocycles. The lowest BCUT2D eigenvalue weighted by Crippen LogP contribution is -2.26. The molecule has 1 aromatic heterocycles. The second kappa shape index (κ2) is 7.94. The Balaban J connectivity index is 1.98. The summed E-state index contributed by atoms with van der Waals surface area (Å²) < 4.78 is 5.60. The van der Waals surface area contributed by atoms with Gasteiger partial charge in [-0.1, -0.05) is 0 Å². The maximum Gasteiger partial charge on any atom is 0.243 e. The van der Waals surface area contributed by atoms with Crippen molar-refractivity contribution in [2.45, 2.75) is 39.2 Å². The highest BCUT2D eigenvalue weighted by molar-refractivity contribution is 5.43. The first-order valence-electron chi connectivity index (χ1n) is 7.60. The van der Waals surface area contributed by atoms with E-state index < -0.39 is 0 Å². The predicted molar refractivity (Wildman–Crippen MR) is 83.3 cm³/mol. The number of anilines is 3. The molecule has 8 heteroatoms. The highest BCUT2D eigenvalue weighted by Crippen LogP contribution is 2.16. The fourth-order valence-corrected chi connectivity index (χ4v) is 2.37. The van der Waals surface area contributed by atoms with Crippen LogP contribution in [0.2, 0.25) is 0 Å². The summed E-state index contributed by atoms with van der Waals surface area (Å²) in [6.45, 7) is 7.45. The number of rotatable bonds is 8. The van der Waals surface area contributed by atoms with Gasteiger partial charge in [-0.05, 0) is 33.1 Å². The van der Waals surface area contributed by atoms with Gasteiger partial charge in [0.1, 0.15) is 0 Å². The van der Waals surface area contributed by atoms with E-state index in [4.69, 9.17) is 10.6 Å². The van der Waals surface area contributed by atoms with Crippen LogP contribution >= 0.6 is 0 Å². The van der Waals surface area contributed by atoms with E-state index in [9.17, 15) is 0 Å². The standard InChI is InChI=1S/C13H25N7O/c1-3-20(4-2)13-17-11(16-12(18-13)19-14)15-8-7-10-6-5-9-21-10/h10H,3-9,14H2,1-2H3,(H2,15,16,17,18,19). The molecule has 0 bridgehead atoms. The third kappa shape index (κ3) is 4.40. The normalized spacial score (nSPS) is 17.8. The molecule has 1 atom stereocenters. The molecular formula is C13H25N7O. The second-order valence-electron chi connectivity index (χ2n) is 4.95. The number of hydrazine groups is 1. The predicted octanol–water partition coefficient (Wildman–Crippen LogP) is 0.984. The third-order valence-electron chi connectivity index (χ3n) is 3.57. The van der Waals surface area contributed by atoms with Gasteiger partial charge in [-0.2, -0.15) is 15.0 Å². The second-order valence-corrected chi connectivity index (χ2v) is 4.95. The van der Waals surface area contributed by atoms with E-state index in [1.165, 1.54) is 0 Å². The van der Waals surface area contributed by atoms with Crippen LogP contribution in [0.25, 0.3) is 0 Å². The van der Waals surface area contributed by atoms with E-state index in [1.54, 1.807) is 0 Å². The van der Waals surface area contributed by atoms with Crippen LogP contribution < -0.4 is 21.5 Å². The highest BCUT2D eigenvalue weighted by atomic mass is 16.5. The van der Waals surface area contributed by atoms with Crippen molar-refractivity contribution in [2.24, 2.45) is 5.84 Å². The lowest BCUT2D eigenvalue weighted by molar-refractivity contribution is 0.107. The minimum absolute atomic E-state index is 0.355. The molecule has 0 saturated carbocycles. The Hall–Kier alpha value is -1.67. The molecule has 0 aromatic carbocycles. The number of hydrogen-bond acceptors (Lipinski definition) is 8. The molecule has 1 aliphatic rings. The minimum Gasteiger partial charge on any atom is -0.378 e. The maximum absolute atomic E-state index is 5.60. The fourth-order valence-electron chi connectivity index (χ4n) is 2.37. The van der Waals surface area contributed by atoms with Crippen LogP contribution in [0.3, 0.4) is 0 Å². The monoisotopic (exact) mass is 295 g/mol. The lowest BCUT2D eigenvalue weighted by atomic mass is 10.2. The summed E-state index contributed by atoms with van der Waals surface area (Å²) in [7, 11) is 0. The van der Waals surface area contributed by atoms with E-state index >= 15 is 0 Å². The van der Waals surface area contributed by atoms with Crippen molar-refractivity contribution in [3.63, 3.8) is 0 Å².